The van der Waals surface area contributed by atoms with E-state index in [1.807, 2.05) is 10.8 Å². The van der Waals surface area contributed by atoms with Crippen molar-refractivity contribution in [2.75, 3.05) is 18.7 Å². The Hall–Kier alpha value is -2.49. The monoisotopic (exact) mass is 497 g/mol. The van der Waals surface area contributed by atoms with Crippen LogP contribution in [0.25, 0.3) is 11.3 Å². The van der Waals surface area contributed by atoms with Crippen molar-refractivity contribution in [3.8, 4) is 11.3 Å². The zero-order valence-corrected chi connectivity index (χ0v) is 19.7. The highest BCUT2D eigenvalue weighted by molar-refractivity contribution is 7.89. The van der Waals surface area contributed by atoms with Gasteiger partial charge in [0.15, 0.2) is 0 Å². The van der Waals surface area contributed by atoms with E-state index in [1.165, 1.54) is 29.6 Å². The highest BCUT2D eigenvalue weighted by Crippen LogP contribution is 2.36. The summed E-state index contributed by atoms with van der Waals surface area (Å²) in [5.41, 5.74) is 0.693. The molecule has 176 valence electrons. The molecule has 12 heteroatoms. The molecule has 2 aromatic heterocycles. The molecule has 0 saturated heterocycles. The van der Waals surface area contributed by atoms with E-state index in [9.17, 15) is 21.6 Å². The third-order valence-corrected chi connectivity index (χ3v) is 8.32. The predicted octanol–water partition coefficient (Wildman–Crippen LogP) is 4.89. The van der Waals surface area contributed by atoms with Crippen LogP contribution in [0.15, 0.2) is 53.9 Å². The maximum absolute atomic E-state index is 12.9. The van der Waals surface area contributed by atoms with Crippen molar-refractivity contribution in [3.63, 3.8) is 0 Å². The average Bonchev–Trinajstić information content (AvgIpc) is 3.21. The van der Waals surface area contributed by atoms with Gasteiger partial charge in [0.1, 0.15) is 5.82 Å². The lowest BCUT2D eigenvalue weighted by atomic mass is 9.93. The maximum Gasteiger partial charge on any atom is 0.417 e. The molecular formula is C21H23F3N5O2PS. The molecule has 7 nitrogen and oxygen atoms in total. The molecule has 0 bridgehead atoms. The number of rotatable bonds is 7. The summed E-state index contributed by atoms with van der Waals surface area (Å²) in [6.07, 6.45) is 3.34. The first-order valence-corrected chi connectivity index (χ1v) is 12.5. The first-order valence-electron chi connectivity index (χ1n) is 10.2. The fourth-order valence-corrected chi connectivity index (χ4v) is 5.07. The van der Waals surface area contributed by atoms with Crippen molar-refractivity contribution in [1.82, 2.24) is 18.8 Å². The number of nitrogens with zero attached hydrogens (tertiary/aromatic N) is 4. The van der Waals surface area contributed by atoms with Gasteiger partial charge >= 0.3 is 6.18 Å². The summed E-state index contributed by atoms with van der Waals surface area (Å²) in [5.74, 6) is 0.195. The van der Waals surface area contributed by atoms with Crippen molar-refractivity contribution in [2.24, 2.45) is 0 Å². The van der Waals surface area contributed by atoms with Crippen molar-refractivity contribution in [3.05, 3.63) is 54.6 Å². The summed E-state index contributed by atoms with van der Waals surface area (Å²) in [6, 6.07) is 7.08. The Balaban J connectivity index is 1.73. The lowest BCUT2D eigenvalue weighted by molar-refractivity contribution is -0.137. The maximum atomic E-state index is 12.9. The molecule has 1 aromatic carbocycles. The number of hydrogen-bond donors (Lipinski definition) is 1. The molecule has 33 heavy (non-hydrogen) atoms. The van der Waals surface area contributed by atoms with E-state index < -0.39 is 21.8 Å². The summed E-state index contributed by atoms with van der Waals surface area (Å²) < 4.78 is 67.5. The zero-order valence-electron chi connectivity index (χ0n) is 17.7. The molecule has 4 rings (SSSR count). The summed E-state index contributed by atoms with van der Waals surface area (Å²) in [4.78, 5) is 8.41. The zero-order chi connectivity index (χ0) is 23.8. The summed E-state index contributed by atoms with van der Waals surface area (Å²) in [5, 5.41) is 3.00. The molecule has 1 fully saturated rings. The van der Waals surface area contributed by atoms with Crippen LogP contribution >= 0.6 is 9.24 Å². The Kier molecular flexibility index (Phi) is 6.48. The lowest BCUT2D eigenvalue weighted by Gasteiger charge is -2.26. The van der Waals surface area contributed by atoms with Gasteiger partial charge in [-0.25, -0.2) is 18.4 Å². The van der Waals surface area contributed by atoms with Gasteiger partial charge in [-0.3, -0.25) is 0 Å². The number of pyridine rings is 1. The second-order valence-electron chi connectivity index (χ2n) is 7.84. The van der Waals surface area contributed by atoms with Crippen LogP contribution in [0.3, 0.4) is 0 Å². The molecule has 3 aromatic rings. The van der Waals surface area contributed by atoms with E-state index in [0.717, 1.165) is 31.5 Å². The molecule has 1 saturated carbocycles. The fourth-order valence-electron chi connectivity index (χ4n) is 3.42. The first kappa shape index (κ1) is 23.7. The van der Waals surface area contributed by atoms with Crippen molar-refractivity contribution in [1.29, 1.82) is 0 Å². The number of imidazole rings is 1. The Labute approximate surface area is 192 Å². The van der Waals surface area contributed by atoms with Crippen molar-refractivity contribution >= 4 is 30.8 Å². The second kappa shape index (κ2) is 9.04. The minimum Gasteiger partial charge on any atom is -0.340 e. The third kappa shape index (κ3) is 4.90. The number of nitrogens with one attached hydrogen (secondary N) is 1. The van der Waals surface area contributed by atoms with Gasteiger partial charge in [0, 0.05) is 43.0 Å². The highest BCUT2D eigenvalue weighted by Gasteiger charge is 2.30. The van der Waals surface area contributed by atoms with Gasteiger partial charge in [0.05, 0.1) is 22.5 Å². The molecule has 0 radical (unpaired) electrons. The molecule has 1 aliphatic rings. The molecule has 1 unspecified atom stereocenters. The lowest BCUT2D eigenvalue weighted by Crippen LogP contribution is -2.25. The smallest absolute Gasteiger partial charge is 0.340 e. The topological polar surface area (TPSA) is 80.1 Å². The van der Waals surface area contributed by atoms with Gasteiger partial charge in [-0.15, -0.1) is 9.24 Å². The molecular weight excluding hydrogens is 474 g/mol. The number of hydrogen-bond acceptors (Lipinski definition) is 5. The van der Waals surface area contributed by atoms with Crippen molar-refractivity contribution < 1.29 is 21.6 Å². The van der Waals surface area contributed by atoms with Gasteiger partial charge in [0.25, 0.3) is 0 Å². The Morgan fingerprint density at radius 2 is 1.97 bits per heavy atom. The highest BCUT2D eigenvalue weighted by atomic mass is 32.2. The first-order chi connectivity index (χ1) is 15.6. The minimum atomic E-state index is -4.48. The van der Waals surface area contributed by atoms with Crippen LogP contribution in [-0.4, -0.2) is 40.6 Å². The van der Waals surface area contributed by atoms with E-state index in [4.69, 9.17) is 0 Å². The number of alkyl halides is 3. The Morgan fingerprint density at radius 3 is 2.55 bits per heavy atom. The van der Waals surface area contributed by atoms with E-state index in [0.29, 0.717) is 23.0 Å². The van der Waals surface area contributed by atoms with Gasteiger partial charge in [-0.05, 0) is 49.6 Å². The molecule has 1 N–H and O–H groups in total. The quantitative estimate of drug-likeness (QED) is 0.471. The third-order valence-electron chi connectivity index (χ3n) is 5.68. The summed E-state index contributed by atoms with van der Waals surface area (Å²) in [6.45, 7) is 0. The van der Waals surface area contributed by atoms with Crippen LogP contribution in [0.4, 0.5) is 24.7 Å². The van der Waals surface area contributed by atoms with Crippen LogP contribution in [0.2, 0.25) is 0 Å². The minimum absolute atomic E-state index is 0.0894. The van der Waals surface area contributed by atoms with Crippen LogP contribution in [-0.2, 0) is 16.2 Å². The summed E-state index contributed by atoms with van der Waals surface area (Å²) in [7, 11) is 0.122. The molecule has 0 spiro atoms. The van der Waals surface area contributed by atoms with E-state index >= 15 is 0 Å². The number of benzene rings is 1. The van der Waals surface area contributed by atoms with Crippen LogP contribution < -0.4 is 5.32 Å². The Morgan fingerprint density at radius 1 is 1.21 bits per heavy atom. The molecule has 0 aliphatic heterocycles. The van der Waals surface area contributed by atoms with Crippen LogP contribution in [0.1, 0.15) is 30.9 Å². The van der Waals surface area contributed by atoms with E-state index in [1.54, 1.807) is 12.4 Å². The molecule has 0 amide bonds. The second-order valence-corrected chi connectivity index (χ2v) is 10.2. The molecule has 2 heterocycles. The molecule has 1 atom stereocenters. The van der Waals surface area contributed by atoms with Gasteiger partial charge in [0.2, 0.25) is 10.0 Å². The summed E-state index contributed by atoms with van der Waals surface area (Å²) >= 11 is 0. The number of anilines is 2. The number of aromatic nitrogens is 3. The van der Waals surface area contributed by atoms with Crippen LogP contribution in [0, 0.1) is 0 Å². The molecule has 1 aliphatic carbocycles. The predicted molar refractivity (Wildman–Crippen MR) is 123 cm³/mol. The van der Waals surface area contributed by atoms with Crippen molar-refractivity contribution in [2.45, 2.75) is 36.4 Å². The number of sulfonamides is 1. The van der Waals surface area contributed by atoms with Gasteiger partial charge < -0.3 is 9.88 Å². The van der Waals surface area contributed by atoms with E-state index in [2.05, 4.69) is 24.5 Å². The Bertz CT molecular complexity index is 1240. The normalized spacial score (nSPS) is 15.0. The largest absolute Gasteiger partial charge is 0.417 e. The van der Waals surface area contributed by atoms with Gasteiger partial charge in [-0.1, -0.05) is 0 Å². The number of halogens is 3. The fraction of sp³-hybridized carbons (Fsp3) is 0.333. The average molecular weight is 497 g/mol. The van der Waals surface area contributed by atoms with Crippen LogP contribution in [0.5, 0.6) is 0 Å². The van der Waals surface area contributed by atoms with E-state index in [-0.39, 0.29) is 17.0 Å². The van der Waals surface area contributed by atoms with Gasteiger partial charge in [-0.2, -0.15) is 17.5 Å². The standard InChI is InChI=1S/C21H23F3N5O2PS/c1-28(13-32)33(30,31)16-6-7-18(27-20-8-5-14(10-25-20)21(22,23)24)17(9-16)19-11-29(12-26-19)15-3-2-4-15/h5-12,15H,2-4,13,32H2,1H3,(H,25,27). The SMILES string of the molecule is CN(CP)S(=O)(=O)c1ccc(Nc2ccc(C(F)(F)F)cn2)c(-c2cn(C3CCC3)cn2)c1.